The molecule has 0 heterocycles. The first-order valence-corrected chi connectivity index (χ1v) is 7.81. The van der Waals surface area contributed by atoms with Crippen molar-refractivity contribution >= 4 is 11.6 Å². The molecular weight excluding hydrogens is 391 g/mol. The molecule has 0 aromatic heterocycles. The molecule has 150 valence electrons. The molecular formula is C17H13F5N2O4. The number of halogens is 5. The van der Waals surface area contributed by atoms with Crippen LogP contribution in [0.5, 0.6) is 5.75 Å². The number of nitro groups is 1. The first-order chi connectivity index (χ1) is 13.1. The number of carbonyl (C=O) groups excluding carboxylic acids is 1. The lowest BCUT2D eigenvalue weighted by molar-refractivity contribution is -0.384. The van der Waals surface area contributed by atoms with E-state index >= 15 is 0 Å². The number of benzene rings is 2. The van der Waals surface area contributed by atoms with Crippen LogP contribution in [0.4, 0.5) is 27.6 Å². The number of hydrogen-bond donors (Lipinski definition) is 1. The predicted octanol–water partition coefficient (Wildman–Crippen LogP) is 4.09. The van der Waals surface area contributed by atoms with E-state index in [9.17, 15) is 36.9 Å². The number of alkyl halides is 3. The van der Waals surface area contributed by atoms with E-state index in [2.05, 4.69) is 5.32 Å². The van der Waals surface area contributed by atoms with E-state index in [0.717, 1.165) is 24.3 Å². The zero-order valence-corrected chi connectivity index (χ0v) is 14.1. The van der Waals surface area contributed by atoms with Gasteiger partial charge in [-0.25, -0.2) is 8.78 Å². The van der Waals surface area contributed by atoms with Gasteiger partial charge in [0.15, 0.2) is 11.6 Å². The van der Waals surface area contributed by atoms with Crippen molar-refractivity contribution in [3.63, 3.8) is 0 Å². The maximum atomic E-state index is 13.6. The lowest BCUT2D eigenvalue weighted by Gasteiger charge is -2.11. The summed E-state index contributed by atoms with van der Waals surface area (Å²) in [6.45, 7) is -0.177. The van der Waals surface area contributed by atoms with Crippen molar-refractivity contribution in [3.05, 3.63) is 69.3 Å². The van der Waals surface area contributed by atoms with Crippen molar-refractivity contribution in [2.45, 2.75) is 12.6 Å². The van der Waals surface area contributed by atoms with Crippen LogP contribution in [-0.4, -0.2) is 24.0 Å². The normalized spacial score (nSPS) is 11.2. The van der Waals surface area contributed by atoms with Crippen molar-refractivity contribution in [1.29, 1.82) is 0 Å². The molecule has 6 nitrogen and oxygen atoms in total. The number of ether oxygens (including phenoxy) is 1. The quantitative estimate of drug-likeness (QED) is 0.326. The van der Waals surface area contributed by atoms with Crippen molar-refractivity contribution in [3.8, 4) is 5.75 Å². The van der Waals surface area contributed by atoms with Crippen LogP contribution >= 0.6 is 0 Å². The number of nitro benzene ring substituents is 1. The fourth-order valence-electron chi connectivity index (χ4n) is 2.15. The van der Waals surface area contributed by atoms with Gasteiger partial charge in [0.25, 0.3) is 11.6 Å². The Bertz CT molecular complexity index is 886. The van der Waals surface area contributed by atoms with Gasteiger partial charge in [0.05, 0.1) is 22.7 Å². The van der Waals surface area contributed by atoms with E-state index in [1.165, 1.54) is 0 Å². The second-order valence-electron chi connectivity index (χ2n) is 5.52. The van der Waals surface area contributed by atoms with Crippen molar-refractivity contribution in [2.75, 3.05) is 13.2 Å². The SMILES string of the molecule is O=C(NCCCOc1ccc(C(F)(F)F)cc1F)c1cc([N+](=O)[O-])ccc1F. The zero-order chi connectivity index (χ0) is 20.9. The third kappa shape index (κ3) is 5.38. The second-order valence-corrected chi connectivity index (χ2v) is 5.52. The molecule has 0 unspecified atom stereocenters. The molecule has 2 rings (SSSR count). The average Bonchev–Trinajstić information content (AvgIpc) is 2.61. The van der Waals surface area contributed by atoms with E-state index in [-0.39, 0.29) is 25.3 Å². The molecule has 0 aliphatic carbocycles. The van der Waals surface area contributed by atoms with Gasteiger partial charge in [-0.1, -0.05) is 0 Å². The fraction of sp³-hybridized carbons (Fsp3) is 0.235. The van der Waals surface area contributed by atoms with Gasteiger partial charge >= 0.3 is 6.18 Å². The summed E-state index contributed by atoms with van der Waals surface area (Å²) in [6, 6.07) is 4.32. The molecule has 0 saturated heterocycles. The lowest BCUT2D eigenvalue weighted by atomic mass is 10.1. The maximum absolute atomic E-state index is 13.6. The van der Waals surface area contributed by atoms with E-state index in [1.807, 2.05) is 0 Å². The number of hydrogen-bond acceptors (Lipinski definition) is 4. The highest BCUT2D eigenvalue weighted by Gasteiger charge is 2.31. The summed E-state index contributed by atoms with van der Waals surface area (Å²) in [5.41, 5.74) is -2.11. The second kappa shape index (κ2) is 8.63. The lowest BCUT2D eigenvalue weighted by Crippen LogP contribution is -2.26. The van der Waals surface area contributed by atoms with Gasteiger partial charge in [-0.2, -0.15) is 13.2 Å². The summed E-state index contributed by atoms with van der Waals surface area (Å²) in [5, 5.41) is 13.0. The molecule has 0 fully saturated rings. The van der Waals surface area contributed by atoms with Crippen molar-refractivity contribution < 1.29 is 36.4 Å². The van der Waals surface area contributed by atoms with Gasteiger partial charge in [-0.05, 0) is 30.7 Å². The Morgan fingerprint density at radius 1 is 1.11 bits per heavy atom. The summed E-state index contributed by atoms with van der Waals surface area (Å²) in [6.07, 6.45) is -4.55. The molecule has 0 bridgehead atoms. The Kier molecular flexibility index (Phi) is 6.49. The highest BCUT2D eigenvalue weighted by atomic mass is 19.4. The Morgan fingerprint density at radius 3 is 2.43 bits per heavy atom. The van der Waals surface area contributed by atoms with Gasteiger partial charge in [0.2, 0.25) is 0 Å². The summed E-state index contributed by atoms with van der Waals surface area (Å²) in [7, 11) is 0. The summed E-state index contributed by atoms with van der Waals surface area (Å²) < 4.78 is 69.6. The van der Waals surface area contributed by atoms with Gasteiger partial charge in [0, 0.05) is 18.7 Å². The molecule has 0 aliphatic heterocycles. The Labute approximate surface area is 155 Å². The molecule has 2 aromatic carbocycles. The molecule has 28 heavy (non-hydrogen) atoms. The van der Waals surface area contributed by atoms with Gasteiger partial charge < -0.3 is 10.1 Å². The van der Waals surface area contributed by atoms with Crippen LogP contribution in [0.1, 0.15) is 22.3 Å². The van der Waals surface area contributed by atoms with Crippen molar-refractivity contribution in [1.82, 2.24) is 5.32 Å². The van der Waals surface area contributed by atoms with Crippen LogP contribution in [0, 0.1) is 21.7 Å². The molecule has 0 aliphatic rings. The van der Waals surface area contributed by atoms with Crippen LogP contribution in [-0.2, 0) is 6.18 Å². The topological polar surface area (TPSA) is 81.5 Å². The standard InChI is InChI=1S/C17H13F5N2O4/c18-13-4-3-11(24(26)27)9-12(13)16(25)23-6-1-7-28-15-5-2-10(8-14(15)19)17(20,21)22/h2-5,8-9H,1,6-7H2,(H,23,25). The average molecular weight is 404 g/mol. The minimum Gasteiger partial charge on any atom is -0.490 e. The number of non-ortho nitro benzene ring substituents is 1. The maximum Gasteiger partial charge on any atom is 0.416 e. The monoisotopic (exact) mass is 404 g/mol. The summed E-state index contributed by atoms with van der Waals surface area (Å²) >= 11 is 0. The third-order valence-electron chi connectivity index (χ3n) is 3.53. The third-order valence-corrected chi connectivity index (χ3v) is 3.53. The van der Waals surface area contributed by atoms with Crippen LogP contribution in [0.3, 0.4) is 0 Å². The van der Waals surface area contributed by atoms with Gasteiger partial charge in [-0.15, -0.1) is 0 Å². The van der Waals surface area contributed by atoms with Crippen LogP contribution in [0.25, 0.3) is 0 Å². The number of amides is 1. The minimum atomic E-state index is -4.68. The van der Waals surface area contributed by atoms with Crippen LogP contribution < -0.4 is 10.1 Å². The number of nitrogens with one attached hydrogen (secondary N) is 1. The number of nitrogens with zero attached hydrogens (tertiary/aromatic N) is 1. The smallest absolute Gasteiger partial charge is 0.416 e. The minimum absolute atomic E-state index is 0.0385. The molecule has 0 atom stereocenters. The van der Waals surface area contributed by atoms with Crippen molar-refractivity contribution in [2.24, 2.45) is 0 Å². The van der Waals surface area contributed by atoms with Gasteiger partial charge in [-0.3, -0.25) is 14.9 Å². The van der Waals surface area contributed by atoms with Crippen LogP contribution in [0.15, 0.2) is 36.4 Å². The molecule has 1 N–H and O–H groups in total. The Hall–Kier alpha value is -3.24. The molecule has 2 aromatic rings. The van der Waals surface area contributed by atoms with E-state index in [4.69, 9.17) is 4.74 Å². The number of rotatable bonds is 7. The van der Waals surface area contributed by atoms with Gasteiger partial charge in [0.1, 0.15) is 5.82 Å². The molecule has 0 saturated carbocycles. The van der Waals surface area contributed by atoms with E-state index in [0.29, 0.717) is 12.1 Å². The zero-order valence-electron chi connectivity index (χ0n) is 14.1. The van der Waals surface area contributed by atoms with Crippen LogP contribution in [0.2, 0.25) is 0 Å². The molecule has 0 spiro atoms. The van der Waals surface area contributed by atoms with E-state index in [1.54, 1.807) is 0 Å². The summed E-state index contributed by atoms with van der Waals surface area (Å²) in [4.78, 5) is 21.8. The Morgan fingerprint density at radius 2 is 1.82 bits per heavy atom. The summed E-state index contributed by atoms with van der Waals surface area (Å²) in [5.74, 6) is -3.39. The fourth-order valence-corrected chi connectivity index (χ4v) is 2.15. The largest absolute Gasteiger partial charge is 0.490 e. The Balaban J connectivity index is 1.84. The molecule has 11 heteroatoms. The predicted molar refractivity (Wildman–Crippen MR) is 86.9 cm³/mol. The van der Waals surface area contributed by atoms with E-state index < -0.39 is 45.5 Å². The molecule has 1 amide bonds. The first kappa shape index (κ1) is 21.1. The molecule has 0 radical (unpaired) electrons. The highest BCUT2D eigenvalue weighted by Crippen LogP contribution is 2.31. The highest BCUT2D eigenvalue weighted by molar-refractivity contribution is 5.95. The first-order valence-electron chi connectivity index (χ1n) is 7.81. The number of carbonyl (C=O) groups is 1.